The number of aromatic carboxylic acids is 2. The molecule has 0 saturated carbocycles. The number of carbonyl (C=O) groups is 2. The molecule has 0 aliphatic heterocycles. The van der Waals surface area contributed by atoms with E-state index in [9.17, 15) is 24.6 Å². The molecule has 2 N–H and O–H groups in total. The van der Waals surface area contributed by atoms with Crippen molar-refractivity contribution in [3.05, 3.63) is 58.0 Å². The second kappa shape index (κ2) is 5.49. The van der Waals surface area contributed by atoms with Gasteiger partial charge in [0.15, 0.2) is 5.75 Å². The van der Waals surface area contributed by atoms with Crippen molar-refractivity contribution >= 4 is 11.9 Å². The third kappa shape index (κ3) is 2.62. The Morgan fingerprint density at radius 2 is 1.81 bits per heavy atom. The number of hydrogen-bond donors (Lipinski definition) is 2. The Morgan fingerprint density at radius 3 is 2.38 bits per heavy atom. The second-order valence-electron chi connectivity index (χ2n) is 4.09. The highest BCUT2D eigenvalue weighted by Crippen LogP contribution is 2.19. The molecular weight excluding hydrogens is 279 g/mol. The van der Waals surface area contributed by atoms with E-state index in [2.05, 4.69) is 0 Å². The van der Waals surface area contributed by atoms with Crippen LogP contribution in [0.15, 0.2) is 41.3 Å². The van der Waals surface area contributed by atoms with Crippen LogP contribution in [0.5, 0.6) is 5.75 Å². The number of ether oxygens (including phenoxy) is 1. The minimum Gasteiger partial charge on any atom is -0.491 e. The molecule has 0 radical (unpaired) electrons. The molecule has 7 nitrogen and oxygen atoms in total. The average Bonchev–Trinajstić information content (AvgIpc) is 2.46. The van der Waals surface area contributed by atoms with Gasteiger partial charge in [0.2, 0.25) is 5.43 Å². The molecule has 1 heterocycles. The second-order valence-corrected chi connectivity index (χ2v) is 4.09. The van der Waals surface area contributed by atoms with Crippen molar-refractivity contribution in [2.45, 2.75) is 0 Å². The van der Waals surface area contributed by atoms with Crippen LogP contribution in [0.2, 0.25) is 0 Å². The largest absolute Gasteiger partial charge is 0.491 e. The minimum atomic E-state index is -1.35. The normalized spacial score (nSPS) is 10.1. The number of pyridine rings is 1. The summed E-state index contributed by atoms with van der Waals surface area (Å²) in [5, 5.41) is 18.4. The molecule has 0 aliphatic rings. The van der Waals surface area contributed by atoms with Crippen LogP contribution in [0.4, 0.5) is 0 Å². The summed E-state index contributed by atoms with van der Waals surface area (Å²) in [6.07, 6.45) is 1.16. The van der Waals surface area contributed by atoms with Crippen LogP contribution in [-0.4, -0.2) is 33.8 Å². The molecule has 1 aromatic carbocycles. The number of para-hydroxylation sites is 1. The van der Waals surface area contributed by atoms with Gasteiger partial charge in [-0.1, -0.05) is 12.1 Å². The van der Waals surface area contributed by atoms with Crippen LogP contribution in [0.3, 0.4) is 0 Å². The highest BCUT2D eigenvalue weighted by atomic mass is 16.5. The zero-order valence-electron chi connectivity index (χ0n) is 10.9. The Balaban J connectivity index is 2.82. The van der Waals surface area contributed by atoms with Crippen LogP contribution in [0.1, 0.15) is 20.8 Å². The van der Waals surface area contributed by atoms with E-state index >= 15 is 0 Å². The highest BCUT2D eigenvalue weighted by molar-refractivity contribution is 5.93. The Morgan fingerprint density at radius 1 is 1.14 bits per heavy atom. The van der Waals surface area contributed by atoms with Gasteiger partial charge in [-0.2, -0.15) is 0 Å². The molecule has 0 atom stereocenters. The van der Waals surface area contributed by atoms with Crippen LogP contribution < -0.4 is 10.2 Å². The number of rotatable bonds is 4. The summed E-state index contributed by atoms with van der Waals surface area (Å²) in [6.45, 7) is 0. The molecule has 0 bridgehead atoms. The first-order valence-electron chi connectivity index (χ1n) is 5.82. The summed E-state index contributed by atoms with van der Waals surface area (Å²) < 4.78 is 5.97. The predicted octanol–water partition coefficient (Wildman–Crippen LogP) is 1.24. The molecule has 0 aliphatic carbocycles. The zero-order valence-corrected chi connectivity index (χ0v) is 10.9. The number of carboxylic acid groups (broad SMARTS) is 2. The van der Waals surface area contributed by atoms with E-state index in [1.165, 1.54) is 25.3 Å². The molecule has 0 amide bonds. The van der Waals surface area contributed by atoms with Gasteiger partial charge in [0, 0.05) is 6.07 Å². The molecule has 0 unspecified atom stereocenters. The van der Waals surface area contributed by atoms with Crippen LogP contribution in [0, 0.1) is 0 Å². The van der Waals surface area contributed by atoms with Gasteiger partial charge in [0.1, 0.15) is 5.69 Å². The highest BCUT2D eigenvalue weighted by Gasteiger charge is 2.18. The van der Waals surface area contributed by atoms with Crippen molar-refractivity contribution in [3.8, 4) is 11.4 Å². The summed E-state index contributed by atoms with van der Waals surface area (Å²) in [7, 11) is 1.27. The van der Waals surface area contributed by atoms with Crippen LogP contribution >= 0.6 is 0 Å². The number of carboxylic acids is 2. The molecular formula is C14H11NO6. The third-order valence-electron chi connectivity index (χ3n) is 2.85. The number of hydrogen-bond acceptors (Lipinski definition) is 4. The van der Waals surface area contributed by atoms with Gasteiger partial charge in [0.25, 0.3) is 0 Å². The van der Waals surface area contributed by atoms with Crippen molar-refractivity contribution in [2.75, 3.05) is 7.11 Å². The average molecular weight is 290 g/mol. The number of methoxy groups -OCH3 is 1. The fourth-order valence-electron chi connectivity index (χ4n) is 1.90. The van der Waals surface area contributed by atoms with E-state index in [0.717, 1.165) is 16.8 Å². The van der Waals surface area contributed by atoms with Gasteiger partial charge in [-0.05, 0) is 12.1 Å². The van der Waals surface area contributed by atoms with E-state index in [4.69, 9.17) is 4.74 Å². The van der Waals surface area contributed by atoms with Crippen molar-refractivity contribution in [3.63, 3.8) is 0 Å². The van der Waals surface area contributed by atoms with Gasteiger partial charge in [-0.3, -0.25) is 4.79 Å². The monoisotopic (exact) mass is 290 g/mol. The SMILES string of the molecule is COc1cn(-c2ccccc2[13C](=O)O)c(C(=O)O)cc1=O. The fourth-order valence-corrected chi connectivity index (χ4v) is 1.90. The molecule has 2 aromatic rings. The summed E-state index contributed by atoms with van der Waals surface area (Å²) in [5.41, 5.74) is -0.917. The van der Waals surface area contributed by atoms with Crippen LogP contribution in [0.25, 0.3) is 5.69 Å². The van der Waals surface area contributed by atoms with E-state index in [1.807, 2.05) is 0 Å². The Kier molecular flexibility index (Phi) is 3.75. The fraction of sp³-hybridized carbons (Fsp3) is 0.0714. The third-order valence-corrected chi connectivity index (χ3v) is 2.85. The Labute approximate surface area is 118 Å². The maximum Gasteiger partial charge on any atom is 0.353 e. The lowest BCUT2D eigenvalue weighted by Crippen LogP contribution is -2.18. The van der Waals surface area contributed by atoms with Gasteiger partial charge in [-0.15, -0.1) is 0 Å². The first-order valence-corrected chi connectivity index (χ1v) is 5.82. The minimum absolute atomic E-state index is 0.0832. The molecule has 2 rings (SSSR count). The molecule has 0 saturated heterocycles. The standard InChI is InChI=1S/C14H11NO6/c1-21-12-7-15(10(14(19)20)6-11(12)16)9-5-3-2-4-8(9)13(17)18/h2-7H,1H3,(H,17,18)(H,19,20)/i13+1. The van der Waals surface area contributed by atoms with Gasteiger partial charge in [0.05, 0.1) is 24.6 Å². The number of nitrogens with zero attached hydrogens (tertiary/aromatic N) is 1. The lowest BCUT2D eigenvalue weighted by Gasteiger charge is -2.14. The smallest absolute Gasteiger partial charge is 0.353 e. The lowest BCUT2D eigenvalue weighted by atomic mass is 10.2. The summed E-state index contributed by atoms with van der Waals surface area (Å²) in [4.78, 5) is 34.2. The first-order chi connectivity index (χ1) is 9.95. The number of benzene rings is 1. The predicted molar refractivity (Wildman–Crippen MR) is 72.5 cm³/mol. The van der Waals surface area contributed by atoms with Gasteiger partial charge < -0.3 is 19.5 Å². The molecule has 108 valence electrons. The zero-order chi connectivity index (χ0) is 15.6. The van der Waals surface area contributed by atoms with E-state index in [0.29, 0.717) is 0 Å². The van der Waals surface area contributed by atoms with Crippen molar-refractivity contribution in [1.29, 1.82) is 0 Å². The van der Waals surface area contributed by atoms with E-state index in [1.54, 1.807) is 6.07 Å². The number of aromatic nitrogens is 1. The first kappa shape index (κ1) is 14.3. The lowest BCUT2D eigenvalue weighted by molar-refractivity contribution is 0.0675. The van der Waals surface area contributed by atoms with Crippen LogP contribution in [-0.2, 0) is 0 Å². The Bertz CT molecular complexity index is 777. The maximum atomic E-state index is 11.7. The summed E-state index contributed by atoms with van der Waals surface area (Å²) in [6, 6.07) is 6.76. The van der Waals surface area contributed by atoms with Gasteiger partial charge in [-0.25, -0.2) is 9.59 Å². The molecule has 0 fully saturated rings. The van der Waals surface area contributed by atoms with E-state index in [-0.39, 0.29) is 22.7 Å². The van der Waals surface area contributed by atoms with Crippen molar-refractivity contribution in [2.24, 2.45) is 0 Å². The molecule has 7 heteroatoms. The molecule has 21 heavy (non-hydrogen) atoms. The molecule has 0 spiro atoms. The molecule has 1 aromatic heterocycles. The summed E-state index contributed by atoms with van der Waals surface area (Å²) >= 11 is 0. The van der Waals surface area contributed by atoms with Gasteiger partial charge >= 0.3 is 11.9 Å². The van der Waals surface area contributed by atoms with Crippen molar-refractivity contribution in [1.82, 2.24) is 4.57 Å². The topological polar surface area (TPSA) is 106 Å². The quantitative estimate of drug-likeness (QED) is 0.821. The maximum absolute atomic E-state index is 11.7. The Hall–Kier alpha value is -3.09. The summed E-state index contributed by atoms with van der Waals surface area (Å²) in [5.74, 6) is -2.64. The van der Waals surface area contributed by atoms with Crippen molar-refractivity contribution < 1.29 is 24.5 Å². The van der Waals surface area contributed by atoms with E-state index < -0.39 is 17.4 Å².